The lowest BCUT2D eigenvalue weighted by atomic mass is 9.62. The fourth-order valence-corrected chi connectivity index (χ4v) is 3.81. The van der Waals surface area contributed by atoms with Gasteiger partial charge >= 0.3 is 0 Å². The zero-order valence-corrected chi connectivity index (χ0v) is 12.0. The summed E-state index contributed by atoms with van der Waals surface area (Å²) in [4.78, 5) is 14.8. The molecular formula is C15H28N2O. The van der Waals surface area contributed by atoms with Crippen LogP contribution in [0, 0.1) is 17.3 Å². The molecule has 2 fully saturated rings. The van der Waals surface area contributed by atoms with E-state index < -0.39 is 0 Å². The van der Waals surface area contributed by atoms with Crippen molar-refractivity contribution in [3.63, 3.8) is 0 Å². The molecule has 1 aliphatic heterocycles. The average Bonchev–Trinajstić information content (AvgIpc) is 2.59. The molecule has 1 heterocycles. The standard InChI is InChI=1S/C15H28N2O/c1-3-13-5-4-7-17(8-6-13)14(18)15(11-16)9-12(2)10-15/h12-13H,3-11,16H2,1-2H3. The Hall–Kier alpha value is -0.570. The van der Waals surface area contributed by atoms with Crippen LogP contribution in [0.15, 0.2) is 0 Å². The number of likely N-dealkylation sites (tertiary alicyclic amines) is 1. The molecule has 18 heavy (non-hydrogen) atoms. The van der Waals surface area contributed by atoms with Crippen LogP contribution in [0.5, 0.6) is 0 Å². The highest BCUT2D eigenvalue weighted by atomic mass is 16.2. The normalized spacial score (nSPS) is 36.9. The van der Waals surface area contributed by atoms with Crippen LogP contribution in [-0.4, -0.2) is 30.4 Å². The molecule has 3 heteroatoms. The molecule has 104 valence electrons. The van der Waals surface area contributed by atoms with Gasteiger partial charge in [-0.1, -0.05) is 20.3 Å². The van der Waals surface area contributed by atoms with E-state index in [2.05, 4.69) is 18.7 Å². The van der Waals surface area contributed by atoms with Crippen LogP contribution in [0.3, 0.4) is 0 Å². The van der Waals surface area contributed by atoms with Gasteiger partial charge in [0.25, 0.3) is 0 Å². The Morgan fingerprint density at radius 1 is 1.33 bits per heavy atom. The van der Waals surface area contributed by atoms with E-state index >= 15 is 0 Å². The minimum absolute atomic E-state index is 0.203. The van der Waals surface area contributed by atoms with E-state index in [0.717, 1.165) is 31.8 Å². The van der Waals surface area contributed by atoms with Gasteiger partial charge in [0.05, 0.1) is 5.41 Å². The first-order valence-corrected chi connectivity index (χ1v) is 7.60. The number of nitrogens with two attached hydrogens (primary N) is 1. The Morgan fingerprint density at radius 2 is 2.06 bits per heavy atom. The Bertz CT molecular complexity index is 297. The van der Waals surface area contributed by atoms with E-state index in [1.165, 1.54) is 25.7 Å². The van der Waals surface area contributed by atoms with Crippen LogP contribution in [0.2, 0.25) is 0 Å². The molecule has 1 amide bonds. The second kappa shape index (κ2) is 5.60. The first kappa shape index (κ1) is 13.9. The molecule has 0 aromatic carbocycles. The highest BCUT2D eigenvalue weighted by Crippen LogP contribution is 2.46. The van der Waals surface area contributed by atoms with Gasteiger partial charge in [0.2, 0.25) is 5.91 Å². The van der Waals surface area contributed by atoms with Crippen LogP contribution in [-0.2, 0) is 4.79 Å². The first-order valence-electron chi connectivity index (χ1n) is 7.60. The maximum Gasteiger partial charge on any atom is 0.230 e. The Morgan fingerprint density at radius 3 is 2.61 bits per heavy atom. The SMILES string of the molecule is CCC1CCCN(C(=O)C2(CN)CC(C)C2)CC1. The van der Waals surface area contributed by atoms with Crippen molar-refractivity contribution < 1.29 is 4.79 Å². The molecule has 0 aromatic heterocycles. The summed E-state index contributed by atoms with van der Waals surface area (Å²) in [5, 5.41) is 0. The fourth-order valence-electron chi connectivity index (χ4n) is 3.81. The fraction of sp³-hybridized carbons (Fsp3) is 0.933. The molecule has 2 aliphatic rings. The molecule has 0 spiro atoms. The van der Waals surface area contributed by atoms with Crippen LogP contribution >= 0.6 is 0 Å². The number of amides is 1. The maximum absolute atomic E-state index is 12.7. The molecule has 1 saturated carbocycles. The van der Waals surface area contributed by atoms with Crippen molar-refractivity contribution in [3.05, 3.63) is 0 Å². The van der Waals surface area contributed by atoms with Crippen LogP contribution in [0.1, 0.15) is 52.4 Å². The molecule has 1 aliphatic carbocycles. The van der Waals surface area contributed by atoms with E-state index in [1.54, 1.807) is 0 Å². The van der Waals surface area contributed by atoms with Gasteiger partial charge in [0.15, 0.2) is 0 Å². The molecule has 0 radical (unpaired) electrons. The molecule has 1 unspecified atom stereocenters. The van der Waals surface area contributed by atoms with Crippen molar-refractivity contribution in [2.24, 2.45) is 23.0 Å². The molecular weight excluding hydrogens is 224 g/mol. The van der Waals surface area contributed by atoms with Gasteiger partial charge in [-0.15, -0.1) is 0 Å². The smallest absolute Gasteiger partial charge is 0.230 e. The Labute approximate surface area is 111 Å². The number of carbonyl (C=O) groups is 1. The Kier molecular flexibility index (Phi) is 4.31. The van der Waals surface area contributed by atoms with Crippen molar-refractivity contribution in [3.8, 4) is 0 Å². The second-order valence-corrected chi connectivity index (χ2v) is 6.50. The van der Waals surface area contributed by atoms with E-state index in [-0.39, 0.29) is 5.41 Å². The van der Waals surface area contributed by atoms with Gasteiger partial charge in [-0.05, 0) is 43.9 Å². The summed E-state index contributed by atoms with van der Waals surface area (Å²) < 4.78 is 0. The number of hydrogen-bond donors (Lipinski definition) is 1. The molecule has 0 bridgehead atoms. The predicted molar refractivity (Wildman–Crippen MR) is 74.1 cm³/mol. The van der Waals surface area contributed by atoms with Crippen molar-refractivity contribution in [1.29, 1.82) is 0 Å². The third kappa shape index (κ3) is 2.56. The van der Waals surface area contributed by atoms with E-state index in [1.807, 2.05) is 0 Å². The molecule has 1 saturated heterocycles. The highest BCUT2D eigenvalue weighted by Gasteiger charge is 2.48. The van der Waals surface area contributed by atoms with Crippen molar-refractivity contribution in [1.82, 2.24) is 4.90 Å². The zero-order chi connectivity index (χ0) is 13.2. The summed E-state index contributed by atoms with van der Waals surface area (Å²) in [7, 11) is 0. The molecule has 1 atom stereocenters. The largest absolute Gasteiger partial charge is 0.342 e. The van der Waals surface area contributed by atoms with E-state index in [9.17, 15) is 4.79 Å². The van der Waals surface area contributed by atoms with Crippen LogP contribution in [0.25, 0.3) is 0 Å². The monoisotopic (exact) mass is 252 g/mol. The number of rotatable bonds is 3. The quantitative estimate of drug-likeness (QED) is 0.838. The zero-order valence-electron chi connectivity index (χ0n) is 12.0. The van der Waals surface area contributed by atoms with Gasteiger partial charge < -0.3 is 10.6 Å². The minimum Gasteiger partial charge on any atom is -0.342 e. The summed E-state index contributed by atoms with van der Waals surface area (Å²) in [6.45, 7) is 6.91. The van der Waals surface area contributed by atoms with Gasteiger partial charge in [0, 0.05) is 19.6 Å². The third-order valence-electron chi connectivity index (χ3n) is 5.04. The summed E-state index contributed by atoms with van der Waals surface area (Å²) in [5.74, 6) is 1.84. The predicted octanol–water partition coefficient (Wildman–Crippen LogP) is 2.40. The summed E-state index contributed by atoms with van der Waals surface area (Å²) in [5.41, 5.74) is 5.68. The van der Waals surface area contributed by atoms with Gasteiger partial charge in [-0.25, -0.2) is 0 Å². The minimum atomic E-state index is -0.203. The van der Waals surface area contributed by atoms with E-state index in [4.69, 9.17) is 5.73 Å². The van der Waals surface area contributed by atoms with Crippen molar-refractivity contribution in [2.45, 2.75) is 52.4 Å². The molecule has 3 nitrogen and oxygen atoms in total. The van der Waals surface area contributed by atoms with Crippen molar-refractivity contribution in [2.75, 3.05) is 19.6 Å². The summed E-state index contributed by atoms with van der Waals surface area (Å²) in [6.07, 6.45) is 6.87. The van der Waals surface area contributed by atoms with Crippen LogP contribution in [0.4, 0.5) is 0 Å². The topological polar surface area (TPSA) is 46.3 Å². The van der Waals surface area contributed by atoms with Gasteiger partial charge in [-0.3, -0.25) is 4.79 Å². The molecule has 0 aromatic rings. The number of nitrogens with zero attached hydrogens (tertiary/aromatic N) is 1. The summed E-state index contributed by atoms with van der Waals surface area (Å²) >= 11 is 0. The average molecular weight is 252 g/mol. The molecule has 2 rings (SSSR count). The van der Waals surface area contributed by atoms with Crippen molar-refractivity contribution >= 4 is 5.91 Å². The lowest BCUT2D eigenvalue weighted by molar-refractivity contribution is -0.149. The van der Waals surface area contributed by atoms with E-state index in [0.29, 0.717) is 18.4 Å². The maximum atomic E-state index is 12.7. The highest BCUT2D eigenvalue weighted by molar-refractivity contribution is 5.84. The third-order valence-corrected chi connectivity index (χ3v) is 5.04. The first-order chi connectivity index (χ1) is 8.61. The van der Waals surface area contributed by atoms with Gasteiger partial charge in [0.1, 0.15) is 0 Å². The van der Waals surface area contributed by atoms with Gasteiger partial charge in [-0.2, -0.15) is 0 Å². The lowest BCUT2D eigenvalue weighted by Gasteiger charge is -2.46. The summed E-state index contributed by atoms with van der Waals surface area (Å²) in [6, 6.07) is 0. The number of hydrogen-bond acceptors (Lipinski definition) is 2. The lowest BCUT2D eigenvalue weighted by Crippen LogP contribution is -2.54. The second-order valence-electron chi connectivity index (χ2n) is 6.50. The van der Waals surface area contributed by atoms with Crippen LogP contribution < -0.4 is 5.73 Å². The Balaban J connectivity index is 1.96. The molecule has 2 N–H and O–H groups in total. The number of carbonyl (C=O) groups excluding carboxylic acids is 1.